The molecule has 1 aromatic rings. The van der Waals surface area contributed by atoms with Gasteiger partial charge >= 0.3 is 0 Å². The summed E-state index contributed by atoms with van der Waals surface area (Å²) in [5.41, 5.74) is 7.63. The molecule has 0 saturated carbocycles. The van der Waals surface area contributed by atoms with Crippen molar-refractivity contribution in [1.29, 1.82) is 0 Å². The molecule has 3 nitrogen and oxygen atoms in total. The molecule has 1 atom stereocenters. The first-order valence-electron chi connectivity index (χ1n) is 7.35. The van der Waals surface area contributed by atoms with Gasteiger partial charge in [0.15, 0.2) is 0 Å². The number of nitrogens with zero attached hydrogens (tertiary/aromatic N) is 1. The number of aliphatic hydroxyl groups is 1. The van der Waals surface area contributed by atoms with Crippen LogP contribution in [0.15, 0.2) is 18.2 Å². The first-order valence-corrected chi connectivity index (χ1v) is 7.35. The van der Waals surface area contributed by atoms with E-state index in [9.17, 15) is 4.39 Å². The predicted molar refractivity (Wildman–Crippen MR) is 81.1 cm³/mol. The van der Waals surface area contributed by atoms with E-state index < -0.39 is 0 Å². The summed E-state index contributed by atoms with van der Waals surface area (Å²) < 4.78 is 13.5. The molecular weight excluding hydrogens is 255 g/mol. The normalized spacial score (nSPS) is 12.9. The third-order valence-corrected chi connectivity index (χ3v) is 3.64. The average molecular weight is 282 g/mol. The lowest BCUT2D eigenvalue weighted by Crippen LogP contribution is -2.24. The Morgan fingerprint density at radius 2 is 2.00 bits per heavy atom. The van der Waals surface area contributed by atoms with Gasteiger partial charge in [0.25, 0.3) is 0 Å². The molecule has 0 fully saturated rings. The first-order chi connectivity index (χ1) is 9.54. The van der Waals surface area contributed by atoms with Gasteiger partial charge in [0.2, 0.25) is 0 Å². The number of hydrogen-bond donors (Lipinski definition) is 2. The van der Waals surface area contributed by atoms with Crippen LogP contribution in [-0.2, 0) is 0 Å². The van der Waals surface area contributed by atoms with Crippen molar-refractivity contribution < 1.29 is 9.50 Å². The number of aryl methyl sites for hydroxylation is 1. The Labute approximate surface area is 121 Å². The molecule has 0 saturated heterocycles. The molecule has 0 heterocycles. The Bertz CT molecular complexity index is 398. The molecule has 0 aliphatic rings. The summed E-state index contributed by atoms with van der Waals surface area (Å²) in [4.78, 5) is 2.24. The summed E-state index contributed by atoms with van der Waals surface area (Å²) in [7, 11) is 2.07. The highest BCUT2D eigenvalue weighted by Gasteiger charge is 2.09. The Morgan fingerprint density at radius 3 is 2.65 bits per heavy atom. The van der Waals surface area contributed by atoms with E-state index in [1.165, 1.54) is 0 Å². The standard InChI is InChI=1S/C16H27FN2O/c1-13-6-7-14(12-15(13)17)16(18)8-10-19(2)9-4-3-5-11-20/h6-7,12,16,20H,3-5,8-11,18H2,1-2H3. The monoisotopic (exact) mass is 282 g/mol. The fourth-order valence-corrected chi connectivity index (χ4v) is 2.15. The Balaban J connectivity index is 2.31. The Kier molecular flexibility index (Phi) is 7.73. The van der Waals surface area contributed by atoms with Crippen molar-refractivity contribution in [3.8, 4) is 0 Å². The van der Waals surface area contributed by atoms with E-state index in [2.05, 4.69) is 11.9 Å². The first kappa shape index (κ1) is 17.1. The summed E-state index contributed by atoms with van der Waals surface area (Å²) >= 11 is 0. The second-order valence-corrected chi connectivity index (χ2v) is 5.49. The van der Waals surface area contributed by atoms with E-state index in [0.29, 0.717) is 5.56 Å². The average Bonchev–Trinajstić information content (AvgIpc) is 2.44. The molecule has 0 amide bonds. The largest absolute Gasteiger partial charge is 0.396 e. The second-order valence-electron chi connectivity index (χ2n) is 5.49. The summed E-state index contributed by atoms with van der Waals surface area (Å²) in [6, 6.07) is 5.11. The van der Waals surface area contributed by atoms with E-state index in [-0.39, 0.29) is 18.5 Å². The van der Waals surface area contributed by atoms with Crippen LogP contribution in [0.2, 0.25) is 0 Å². The quantitative estimate of drug-likeness (QED) is 0.685. The fourth-order valence-electron chi connectivity index (χ4n) is 2.15. The molecule has 0 aliphatic heterocycles. The highest BCUT2D eigenvalue weighted by Crippen LogP contribution is 2.17. The minimum atomic E-state index is -0.185. The van der Waals surface area contributed by atoms with Gasteiger partial charge in [-0.05, 0) is 69.9 Å². The maximum atomic E-state index is 13.5. The molecule has 4 heteroatoms. The van der Waals surface area contributed by atoms with Crippen molar-refractivity contribution in [3.63, 3.8) is 0 Å². The number of aliphatic hydroxyl groups excluding tert-OH is 1. The molecular formula is C16H27FN2O. The van der Waals surface area contributed by atoms with E-state index >= 15 is 0 Å². The zero-order valence-corrected chi connectivity index (χ0v) is 12.6. The lowest BCUT2D eigenvalue weighted by Gasteiger charge is -2.19. The number of benzene rings is 1. The van der Waals surface area contributed by atoms with E-state index in [0.717, 1.165) is 44.3 Å². The van der Waals surface area contributed by atoms with Crippen molar-refractivity contribution >= 4 is 0 Å². The predicted octanol–water partition coefficient (Wildman–Crippen LogP) is 2.62. The van der Waals surface area contributed by atoms with Crippen LogP contribution in [0.25, 0.3) is 0 Å². The molecule has 1 aromatic carbocycles. The highest BCUT2D eigenvalue weighted by atomic mass is 19.1. The van der Waals surface area contributed by atoms with Crippen LogP contribution < -0.4 is 5.73 Å². The van der Waals surface area contributed by atoms with Gasteiger partial charge < -0.3 is 15.7 Å². The van der Waals surface area contributed by atoms with Crippen LogP contribution >= 0.6 is 0 Å². The zero-order valence-electron chi connectivity index (χ0n) is 12.6. The molecule has 0 aromatic heterocycles. The number of hydrogen-bond acceptors (Lipinski definition) is 3. The minimum Gasteiger partial charge on any atom is -0.396 e. The summed E-state index contributed by atoms with van der Waals surface area (Å²) in [6.07, 6.45) is 3.83. The van der Waals surface area contributed by atoms with E-state index in [1.807, 2.05) is 6.07 Å². The van der Waals surface area contributed by atoms with Crippen LogP contribution in [0.5, 0.6) is 0 Å². The third-order valence-electron chi connectivity index (χ3n) is 3.64. The summed E-state index contributed by atoms with van der Waals surface area (Å²) in [6.45, 7) is 3.93. The second kappa shape index (κ2) is 9.06. The van der Waals surface area contributed by atoms with Crippen molar-refractivity contribution in [2.75, 3.05) is 26.7 Å². The van der Waals surface area contributed by atoms with Crippen LogP contribution in [0.3, 0.4) is 0 Å². The molecule has 0 spiro atoms. The molecule has 20 heavy (non-hydrogen) atoms. The van der Waals surface area contributed by atoms with Crippen molar-refractivity contribution in [3.05, 3.63) is 35.1 Å². The van der Waals surface area contributed by atoms with E-state index in [1.54, 1.807) is 19.1 Å². The number of unbranched alkanes of at least 4 members (excludes halogenated alkanes) is 2. The highest BCUT2D eigenvalue weighted by molar-refractivity contribution is 5.25. The zero-order chi connectivity index (χ0) is 15.0. The lowest BCUT2D eigenvalue weighted by molar-refractivity contribution is 0.270. The van der Waals surface area contributed by atoms with Crippen LogP contribution in [0, 0.1) is 12.7 Å². The number of rotatable bonds is 9. The SMILES string of the molecule is Cc1ccc(C(N)CCN(C)CCCCCO)cc1F. The number of nitrogens with two attached hydrogens (primary N) is 1. The van der Waals surface area contributed by atoms with Crippen LogP contribution in [-0.4, -0.2) is 36.8 Å². The minimum absolute atomic E-state index is 0.120. The Hall–Kier alpha value is -0.970. The third kappa shape index (κ3) is 5.99. The van der Waals surface area contributed by atoms with Crippen molar-refractivity contribution in [2.24, 2.45) is 5.73 Å². The Morgan fingerprint density at radius 1 is 1.25 bits per heavy atom. The topological polar surface area (TPSA) is 49.5 Å². The maximum absolute atomic E-state index is 13.5. The summed E-state index contributed by atoms with van der Waals surface area (Å²) in [5, 5.41) is 8.71. The molecule has 0 aliphatic carbocycles. The van der Waals surface area contributed by atoms with Gasteiger partial charge in [-0.3, -0.25) is 0 Å². The van der Waals surface area contributed by atoms with Gasteiger partial charge in [-0.1, -0.05) is 12.1 Å². The van der Waals surface area contributed by atoms with Gasteiger partial charge in [-0.15, -0.1) is 0 Å². The van der Waals surface area contributed by atoms with Crippen LogP contribution in [0.4, 0.5) is 4.39 Å². The van der Waals surface area contributed by atoms with Gasteiger partial charge in [0.1, 0.15) is 5.82 Å². The number of halogens is 1. The van der Waals surface area contributed by atoms with Crippen LogP contribution in [0.1, 0.15) is 42.9 Å². The smallest absolute Gasteiger partial charge is 0.126 e. The lowest BCUT2D eigenvalue weighted by atomic mass is 10.0. The summed E-state index contributed by atoms with van der Waals surface area (Å²) in [5.74, 6) is -0.185. The van der Waals surface area contributed by atoms with Gasteiger partial charge in [-0.25, -0.2) is 4.39 Å². The molecule has 0 radical (unpaired) electrons. The van der Waals surface area contributed by atoms with Gasteiger partial charge in [0, 0.05) is 12.6 Å². The van der Waals surface area contributed by atoms with Crippen molar-refractivity contribution in [2.45, 2.75) is 38.6 Å². The molecule has 1 rings (SSSR count). The van der Waals surface area contributed by atoms with Gasteiger partial charge in [-0.2, -0.15) is 0 Å². The molecule has 114 valence electrons. The molecule has 3 N–H and O–H groups in total. The fraction of sp³-hybridized carbons (Fsp3) is 0.625. The maximum Gasteiger partial charge on any atom is 0.126 e. The molecule has 1 unspecified atom stereocenters. The van der Waals surface area contributed by atoms with E-state index in [4.69, 9.17) is 10.8 Å². The molecule has 0 bridgehead atoms. The van der Waals surface area contributed by atoms with Crippen molar-refractivity contribution in [1.82, 2.24) is 4.90 Å². The van der Waals surface area contributed by atoms with Gasteiger partial charge in [0.05, 0.1) is 0 Å².